The number of carbonyl (C=O) groups excluding carboxylic acids is 1. The Morgan fingerprint density at radius 1 is 0.968 bits per heavy atom. The van der Waals surface area contributed by atoms with Gasteiger partial charge in [-0.25, -0.2) is 9.37 Å². The number of carbonyl (C=O) groups is 1. The van der Waals surface area contributed by atoms with Crippen LogP contribution in [-0.4, -0.2) is 53.5 Å². The summed E-state index contributed by atoms with van der Waals surface area (Å²) >= 11 is 0. The van der Waals surface area contributed by atoms with Gasteiger partial charge in [0.2, 0.25) is 5.95 Å². The van der Waals surface area contributed by atoms with Gasteiger partial charge in [-0.3, -0.25) is 4.79 Å². The highest BCUT2D eigenvalue weighted by Crippen LogP contribution is 2.32. The number of benzene rings is 1. The van der Waals surface area contributed by atoms with Crippen LogP contribution in [0.15, 0.2) is 24.3 Å². The van der Waals surface area contributed by atoms with Gasteiger partial charge in [-0.05, 0) is 55.9 Å². The van der Waals surface area contributed by atoms with E-state index in [9.17, 15) is 9.18 Å². The molecule has 0 saturated carbocycles. The Labute approximate surface area is 183 Å². The van der Waals surface area contributed by atoms with Crippen molar-refractivity contribution in [3.05, 3.63) is 46.9 Å². The maximum Gasteiger partial charge on any atom is 0.254 e. The molecule has 0 bridgehead atoms. The molecule has 1 aromatic heterocycles. The summed E-state index contributed by atoms with van der Waals surface area (Å²) in [5.74, 6) is 2.23. The van der Waals surface area contributed by atoms with E-state index in [2.05, 4.69) is 16.7 Å². The lowest BCUT2D eigenvalue weighted by Gasteiger charge is -2.35. The second-order valence-corrected chi connectivity index (χ2v) is 9.12. The summed E-state index contributed by atoms with van der Waals surface area (Å²) in [5, 5.41) is 0. The normalized spacial score (nSPS) is 19.6. The van der Waals surface area contributed by atoms with Crippen LogP contribution in [0.2, 0.25) is 0 Å². The Kier molecular flexibility index (Phi) is 5.50. The van der Waals surface area contributed by atoms with Crippen LogP contribution in [0.1, 0.15) is 54.2 Å². The third-order valence-electron chi connectivity index (χ3n) is 6.88. The lowest BCUT2D eigenvalue weighted by Crippen LogP contribution is -2.39. The second kappa shape index (κ2) is 8.44. The van der Waals surface area contributed by atoms with Crippen LogP contribution in [0.25, 0.3) is 0 Å². The van der Waals surface area contributed by atoms with Gasteiger partial charge in [0.15, 0.2) is 0 Å². The van der Waals surface area contributed by atoms with Crippen LogP contribution in [0.5, 0.6) is 0 Å². The first-order chi connectivity index (χ1) is 15.1. The summed E-state index contributed by atoms with van der Waals surface area (Å²) in [7, 11) is 0. The minimum absolute atomic E-state index is 0.0629. The third kappa shape index (κ3) is 4.10. The molecule has 2 saturated heterocycles. The van der Waals surface area contributed by atoms with E-state index in [1.54, 1.807) is 12.1 Å². The van der Waals surface area contributed by atoms with Crippen molar-refractivity contribution in [3.63, 3.8) is 0 Å². The number of hydrogen-bond acceptors (Lipinski definition) is 5. The van der Waals surface area contributed by atoms with Crippen LogP contribution in [0.4, 0.5) is 16.2 Å². The fourth-order valence-corrected chi connectivity index (χ4v) is 4.87. The first-order valence-electron chi connectivity index (χ1n) is 11.5. The van der Waals surface area contributed by atoms with Gasteiger partial charge < -0.3 is 14.7 Å². The monoisotopic (exact) mass is 423 g/mol. The van der Waals surface area contributed by atoms with Crippen molar-refractivity contribution >= 4 is 17.7 Å². The maximum atomic E-state index is 13.3. The van der Waals surface area contributed by atoms with Crippen molar-refractivity contribution in [2.24, 2.45) is 5.92 Å². The Morgan fingerprint density at radius 2 is 1.68 bits per heavy atom. The van der Waals surface area contributed by atoms with Gasteiger partial charge in [0.1, 0.15) is 11.6 Å². The van der Waals surface area contributed by atoms with Crippen molar-refractivity contribution in [2.75, 3.05) is 42.5 Å². The summed E-state index contributed by atoms with van der Waals surface area (Å²) in [6.45, 7) is 7.47. The summed E-state index contributed by atoms with van der Waals surface area (Å²) < 4.78 is 13.3. The molecule has 31 heavy (non-hydrogen) atoms. The molecule has 0 atom stereocenters. The molecular formula is C24H30FN5O. The number of hydrogen-bond donors (Lipinski definition) is 0. The molecular weight excluding hydrogens is 393 g/mol. The predicted octanol–water partition coefficient (Wildman–Crippen LogP) is 3.65. The van der Waals surface area contributed by atoms with Crippen LogP contribution in [0, 0.1) is 11.7 Å². The topological polar surface area (TPSA) is 52.6 Å². The van der Waals surface area contributed by atoms with Crippen LogP contribution in [0.3, 0.4) is 0 Å². The van der Waals surface area contributed by atoms with Gasteiger partial charge in [-0.1, -0.05) is 6.92 Å². The zero-order valence-electron chi connectivity index (χ0n) is 18.2. The largest absolute Gasteiger partial charge is 0.356 e. The molecule has 1 aromatic carbocycles. The molecule has 2 aromatic rings. The SMILES string of the molecule is CC1CCN(c2nc3c(c(N4CCCC4)n2)CN(C(=O)c2ccc(F)cc2)CC3)CC1. The van der Waals surface area contributed by atoms with Crippen LogP contribution >= 0.6 is 0 Å². The van der Waals surface area contributed by atoms with E-state index >= 15 is 0 Å². The molecule has 7 heteroatoms. The highest BCUT2D eigenvalue weighted by Gasteiger charge is 2.30. The van der Waals surface area contributed by atoms with Crippen molar-refractivity contribution in [1.82, 2.24) is 14.9 Å². The Bertz CT molecular complexity index is 949. The standard InChI is InChI=1S/C24H30FN5O/c1-17-8-13-29(14-9-17)24-26-21-10-15-30(23(31)18-4-6-19(25)7-5-18)16-20(21)22(27-24)28-11-2-3-12-28/h4-7,17H,2-3,8-16H2,1H3. The fourth-order valence-electron chi connectivity index (χ4n) is 4.87. The molecule has 0 unspecified atom stereocenters. The van der Waals surface area contributed by atoms with E-state index in [4.69, 9.17) is 9.97 Å². The van der Waals surface area contributed by atoms with Crippen molar-refractivity contribution in [3.8, 4) is 0 Å². The number of anilines is 2. The van der Waals surface area contributed by atoms with E-state index in [0.717, 1.165) is 61.5 Å². The minimum Gasteiger partial charge on any atom is -0.356 e. The smallest absolute Gasteiger partial charge is 0.254 e. The Hall–Kier alpha value is -2.70. The Morgan fingerprint density at radius 3 is 2.39 bits per heavy atom. The molecule has 5 rings (SSSR count). The molecule has 2 fully saturated rings. The van der Waals surface area contributed by atoms with E-state index in [-0.39, 0.29) is 11.7 Å². The van der Waals surface area contributed by atoms with Gasteiger partial charge in [0, 0.05) is 50.3 Å². The first kappa shape index (κ1) is 20.2. The Balaban J connectivity index is 1.44. The van der Waals surface area contributed by atoms with Crippen molar-refractivity contribution in [1.29, 1.82) is 0 Å². The molecule has 0 spiro atoms. The quantitative estimate of drug-likeness (QED) is 0.754. The summed E-state index contributed by atoms with van der Waals surface area (Å²) in [6, 6.07) is 5.81. The highest BCUT2D eigenvalue weighted by atomic mass is 19.1. The lowest BCUT2D eigenvalue weighted by atomic mass is 9.99. The number of aromatic nitrogens is 2. The van der Waals surface area contributed by atoms with Gasteiger partial charge in [0.05, 0.1) is 12.2 Å². The average molecular weight is 424 g/mol. The molecule has 6 nitrogen and oxygen atoms in total. The van der Waals surface area contributed by atoms with E-state index in [1.165, 1.54) is 37.8 Å². The molecule has 0 N–H and O–H groups in total. The first-order valence-corrected chi connectivity index (χ1v) is 11.5. The number of amides is 1. The summed E-state index contributed by atoms with van der Waals surface area (Å²) in [4.78, 5) is 29.6. The zero-order valence-corrected chi connectivity index (χ0v) is 18.2. The average Bonchev–Trinajstić information content (AvgIpc) is 3.33. The second-order valence-electron chi connectivity index (χ2n) is 9.12. The summed E-state index contributed by atoms with van der Waals surface area (Å²) in [6.07, 6.45) is 5.43. The third-order valence-corrected chi connectivity index (χ3v) is 6.88. The fraction of sp³-hybridized carbons (Fsp3) is 0.542. The number of fused-ring (bicyclic) bond motifs is 1. The van der Waals surface area contributed by atoms with E-state index in [1.807, 2.05) is 4.90 Å². The number of piperidine rings is 1. The highest BCUT2D eigenvalue weighted by molar-refractivity contribution is 5.94. The minimum atomic E-state index is -0.329. The van der Waals surface area contributed by atoms with Gasteiger partial charge in [-0.2, -0.15) is 4.98 Å². The molecule has 3 aliphatic rings. The molecule has 3 aliphatic heterocycles. The van der Waals surface area contributed by atoms with Gasteiger partial charge >= 0.3 is 0 Å². The van der Waals surface area contributed by atoms with Crippen LogP contribution in [-0.2, 0) is 13.0 Å². The van der Waals surface area contributed by atoms with Crippen LogP contribution < -0.4 is 9.80 Å². The van der Waals surface area contributed by atoms with Gasteiger partial charge in [0.25, 0.3) is 5.91 Å². The summed E-state index contributed by atoms with van der Waals surface area (Å²) in [5.41, 5.74) is 2.68. The molecule has 0 aliphatic carbocycles. The predicted molar refractivity (Wildman–Crippen MR) is 119 cm³/mol. The van der Waals surface area contributed by atoms with E-state index in [0.29, 0.717) is 18.7 Å². The number of rotatable bonds is 3. The number of halogens is 1. The van der Waals surface area contributed by atoms with Crippen molar-refractivity contribution < 1.29 is 9.18 Å². The zero-order chi connectivity index (χ0) is 21.4. The van der Waals surface area contributed by atoms with Crippen molar-refractivity contribution in [2.45, 2.75) is 45.6 Å². The molecule has 4 heterocycles. The number of nitrogens with zero attached hydrogens (tertiary/aromatic N) is 5. The molecule has 164 valence electrons. The molecule has 0 radical (unpaired) electrons. The molecule has 1 amide bonds. The van der Waals surface area contributed by atoms with E-state index < -0.39 is 0 Å². The lowest BCUT2D eigenvalue weighted by molar-refractivity contribution is 0.0733. The maximum absolute atomic E-state index is 13.3. The van der Waals surface area contributed by atoms with Gasteiger partial charge in [-0.15, -0.1) is 0 Å².